The second-order valence-corrected chi connectivity index (χ2v) is 5.77. The van der Waals surface area contributed by atoms with Crippen molar-refractivity contribution in [2.75, 3.05) is 33.7 Å². The lowest BCUT2D eigenvalue weighted by Gasteiger charge is -2.36. The Labute approximate surface area is 115 Å². The third-order valence-electron chi connectivity index (χ3n) is 3.67. The van der Waals surface area contributed by atoms with Gasteiger partial charge in [-0.2, -0.15) is 0 Å². The van der Waals surface area contributed by atoms with Gasteiger partial charge in [-0.05, 0) is 45.7 Å². The molecule has 0 aromatic rings. The lowest BCUT2D eigenvalue weighted by atomic mass is 9.85. The standard InChI is InChI=1S/C13H26N4O2/c1-16(2)7-10-3-5-11(6-4-10)17(8-12(14)18)9-13(15)19/h10-11H,3-9H2,1-2H3,(H2,14,18)(H2,15,19). The van der Waals surface area contributed by atoms with Gasteiger partial charge >= 0.3 is 0 Å². The van der Waals surface area contributed by atoms with E-state index < -0.39 is 11.8 Å². The number of amides is 2. The highest BCUT2D eigenvalue weighted by Gasteiger charge is 2.27. The third-order valence-corrected chi connectivity index (χ3v) is 3.67. The van der Waals surface area contributed by atoms with Gasteiger partial charge in [0.2, 0.25) is 11.8 Å². The molecule has 6 heteroatoms. The molecular weight excluding hydrogens is 244 g/mol. The van der Waals surface area contributed by atoms with Gasteiger partial charge in [-0.3, -0.25) is 14.5 Å². The van der Waals surface area contributed by atoms with E-state index >= 15 is 0 Å². The number of hydrogen-bond acceptors (Lipinski definition) is 4. The van der Waals surface area contributed by atoms with Gasteiger partial charge < -0.3 is 16.4 Å². The van der Waals surface area contributed by atoms with E-state index in [9.17, 15) is 9.59 Å². The summed E-state index contributed by atoms with van der Waals surface area (Å²) < 4.78 is 0. The van der Waals surface area contributed by atoms with Crippen LogP contribution in [0.3, 0.4) is 0 Å². The van der Waals surface area contributed by atoms with Crippen LogP contribution in [0.1, 0.15) is 25.7 Å². The molecule has 0 aromatic carbocycles. The van der Waals surface area contributed by atoms with Gasteiger partial charge in [0.05, 0.1) is 13.1 Å². The van der Waals surface area contributed by atoms with Crippen LogP contribution in [0, 0.1) is 5.92 Å². The topological polar surface area (TPSA) is 92.7 Å². The summed E-state index contributed by atoms with van der Waals surface area (Å²) in [5.41, 5.74) is 10.5. The quantitative estimate of drug-likeness (QED) is 0.645. The van der Waals surface area contributed by atoms with Crippen LogP contribution in [-0.4, -0.2) is 61.4 Å². The van der Waals surface area contributed by atoms with Crippen LogP contribution < -0.4 is 11.5 Å². The molecule has 1 rings (SSSR count). The zero-order valence-electron chi connectivity index (χ0n) is 12.0. The van der Waals surface area contributed by atoms with Gasteiger partial charge in [-0.25, -0.2) is 0 Å². The molecule has 2 amide bonds. The molecule has 0 aliphatic heterocycles. The minimum absolute atomic E-state index is 0.117. The minimum Gasteiger partial charge on any atom is -0.369 e. The first-order valence-electron chi connectivity index (χ1n) is 6.84. The summed E-state index contributed by atoms with van der Waals surface area (Å²) in [4.78, 5) is 26.2. The van der Waals surface area contributed by atoms with Crippen molar-refractivity contribution in [3.63, 3.8) is 0 Å². The van der Waals surface area contributed by atoms with Gasteiger partial charge in [-0.1, -0.05) is 0 Å². The molecule has 0 heterocycles. The average Bonchev–Trinajstić information content (AvgIpc) is 2.27. The van der Waals surface area contributed by atoms with Gasteiger partial charge in [-0.15, -0.1) is 0 Å². The van der Waals surface area contributed by atoms with Gasteiger partial charge in [0, 0.05) is 12.6 Å². The maximum atomic E-state index is 11.1. The maximum absolute atomic E-state index is 11.1. The van der Waals surface area contributed by atoms with E-state index in [4.69, 9.17) is 11.5 Å². The van der Waals surface area contributed by atoms with Crippen molar-refractivity contribution in [2.45, 2.75) is 31.7 Å². The molecule has 0 atom stereocenters. The smallest absolute Gasteiger partial charge is 0.231 e. The molecule has 0 saturated heterocycles. The molecule has 0 unspecified atom stereocenters. The van der Waals surface area contributed by atoms with Crippen molar-refractivity contribution in [3.05, 3.63) is 0 Å². The molecule has 0 bridgehead atoms. The lowest BCUT2D eigenvalue weighted by molar-refractivity contribution is -0.123. The molecule has 6 nitrogen and oxygen atoms in total. The fraction of sp³-hybridized carbons (Fsp3) is 0.846. The first kappa shape index (κ1) is 15.9. The Hall–Kier alpha value is -1.14. The summed E-state index contributed by atoms with van der Waals surface area (Å²) in [5, 5.41) is 0. The fourth-order valence-corrected chi connectivity index (χ4v) is 2.92. The van der Waals surface area contributed by atoms with Crippen molar-refractivity contribution in [2.24, 2.45) is 17.4 Å². The zero-order valence-corrected chi connectivity index (χ0v) is 12.0. The molecule has 4 N–H and O–H groups in total. The van der Waals surface area contributed by atoms with Crippen molar-refractivity contribution in [1.82, 2.24) is 9.80 Å². The average molecular weight is 270 g/mol. The predicted molar refractivity (Wildman–Crippen MR) is 74.3 cm³/mol. The normalized spacial score (nSPS) is 23.8. The van der Waals surface area contributed by atoms with Crippen molar-refractivity contribution in [3.8, 4) is 0 Å². The third kappa shape index (κ3) is 6.02. The summed E-state index contributed by atoms with van der Waals surface area (Å²) in [6, 6.07) is 0.249. The number of primary amides is 2. The summed E-state index contributed by atoms with van der Waals surface area (Å²) in [6.07, 6.45) is 4.24. The molecule has 1 aliphatic rings. The fourth-order valence-electron chi connectivity index (χ4n) is 2.92. The molecule has 0 aromatic heterocycles. The Balaban J connectivity index is 2.48. The maximum Gasteiger partial charge on any atom is 0.231 e. The Morgan fingerprint density at radius 1 is 1.00 bits per heavy atom. The van der Waals surface area contributed by atoms with Crippen LogP contribution in [0.2, 0.25) is 0 Å². The number of carbonyl (C=O) groups is 2. The molecule has 1 fully saturated rings. The Bertz CT molecular complexity index is 296. The largest absolute Gasteiger partial charge is 0.369 e. The van der Waals surface area contributed by atoms with Gasteiger partial charge in [0.1, 0.15) is 0 Å². The highest BCUT2D eigenvalue weighted by Crippen LogP contribution is 2.27. The van der Waals surface area contributed by atoms with E-state index in [1.807, 2.05) is 4.90 Å². The highest BCUT2D eigenvalue weighted by atomic mass is 16.2. The summed E-state index contributed by atoms with van der Waals surface area (Å²) >= 11 is 0. The molecule has 0 radical (unpaired) electrons. The minimum atomic E-state index is -0.406. The van der Waals surface area contributed by atoms with E-state index in [1.165, 1.54) is 0 Å². The monoisotopic (exact) mass is 270 g/mol. The second kappa shape index (κ2) is 7.45. The van der Waals surface area contributed by atoms with Gasteiger partial charge in [0.15, 0.2) is 0 Å². The molecular formula is C13H26N4O2. The number of nitrogens with two attached hydrogens (primary N) is 2. The van der Waals surface area contributed by atoms with E-state index in [2.05, 4.69) is 19.0 Å². The van der Waals surface area contributed by atoms with Crippen molar-refractivity contribution < 1.29 is 9.59 Å². The van der Waals surface area contributed by atoms with Crippen LogP contribution in [0.4, 0.5) is 0 Å². The molecule has 1 saturated carbocycles. The van der Waals surface area contributed by atoms with Gasteiger partial charge in [0.25, 0.3) is 0 Å². The number of rotatable bonds is 7. The molecule has 0 spiro atoms. The summed E-state index contributed by atoms with van der Waals surface area (Å²) in [5.74, 6) is -0.108. The van der Waals surface area contributed by atoms with Crippen molar-refractivity contribution >= 4 is 11.8 Å². The first-order chi connectivity index (χ1) is 8.88. The Morgan fingerprint density at radius 3 is 1.84 bits per heavy atom. The van der Waals surface area contributed by atoms with E-state index in [-0.39, 0.29) is 19.1 Å². The Kier molecular flexibility index (Phi) is 6.24. The van der Waals surface area contributed by atoms with Crippen LogP contribution in [0.25, 0.3) is 0 Å². The Morgan fingerprint density at radius 2 is 1.47 bits per heavy atom. The zero-order chi connectivity index (χ0) is 14.4. The van der Waals surface area contributed by atoms with Crippen molar-refractivity contribution in [1.29, 1.82) is 0 Å². The molecule has 1 aliphatic carbocycles. The second-order valence-electron chi connectivity index (χ2n) is 5.77. The highest BCUT2D eigenvalue weighted by molar-refractivity contribution is 5.79. The van der Waals surface area contributed by atoms with Crippen LogP contribution in [0.5, 0.6) is 0 Å². The predicted octanol–water partition coefficient (Wildman–Crippen LogP) is -0.621. The number of nitrogens with zero attached hydrogens (tertiary/aromatic N) is 2. The van der Waals surface area contributed by atoms with E-state index in [1.54, 1.807) is 0 Å². The lowest BCUT2D eigenvalue weighted by Crippen LogP contribution is -2.47. The summed E-state index contributed by atoms with van der Waals surface area (Å²) in [6.45, 7) is 1.33. The van der Waals surface area contributed by atoms with Crippen LogP contribution >= 0.6 is 0 Å². The molecule has 110 valence electrons. The molecule has 19 heavy (non-hydrogen) atoms. The van der Waals surface area contributed by atoms with E-state index in [0.717, 1.165) is 32.2 Å². The number of hydrogen-bond donors (Lipinski definition) is 2. The van der Waals surface area contributed by atoms with Crippen LogP contribution in [-0.2, 0) is 9.59 Å². The van der Waals surface area contributed by atoms with E-state index in [0.29, 0.717) is 5.92 Å². The van der Waals surface area contributed by atoms with Crippen LogP contribution in [0.15, 0.2) is 0 Å². The number of carbonyl (C=O) groups excluding carboxylic acids is 2. The summed E-state index contributed by atoms with van der Waals surface area (Å²) in [7, 11) is 4.16. The first-order valence-corrected chi connectivity index (χ1v) is 6.84. The SMILES string of the molecule is CN(C)CC1CCC(N(CC(N)=O)CC(N)=O)CC1.